The number of allylic oxidation sites excluding steroid dienone is 3. The van der Waals surface area contributed by atoms with Gasteiger partial charge in [-0.05, 0) is 38.5 Å². The molecule has 0 aliphatic heterocycles. The lowest BCUT2D eigenvalue weighted by atomic mass is 10.1. The summed E-state index contributed by atoms with van der Waals surface area (Å²) in [5.41, 5.74) is 0. The van der Waals surface area contributed by atoms with E-state index >= 15 is 0 Å². The van der Waals surface area contributed by atoms with Gasteiger partial charge in [0.15, 0.2) is 0 Å². The van der Waals surface area contributed by atoms with Gasteiger partial charge in [0.25, 0.3) is 0 Å². The van der Waals surface area contributed by atoms with Crippen LogP contribution in [0.3, 0.4) is 0 Å². The standard InChI is InChI=1S/C17H31/c1-3-5-7-9-11-13-15-17-16-14-12-10-8-6-4-2/h3,8,10H,1-2,4-7,9,11-17H2. The molecule has 1 radical (unpaired) electrons. The molecule has 0 aromatic heterocycles. The van der Waals surface area contributed by atoms with Crippen molar-refractivity contribution < 1.29 is 0 Å². The lowest BCUT2D eigenvalue weighted by Crippen LogP contribution is -1.80. The van der Waals surface area contributed by atoms with Crippen molar-refractivity contribution in [3.63, 3.8) is 0 Å². The first-order valence-electron chi connectivity index (χ1n) is 7.47. The molecule has 99 valence electrons. The molecule has 0 fully saturated rings. The highest BCUT2D eigenvalue weighted by molar-refractivity contribution is 4.81. The van der Waals surface area contributed by atoms with Crippen LogP contribution in [0.15, 0.2) is 24.8 Å². The Hall–Kier alpha value is -0.520. The molecule has 0 heterocycles. The molecular weight excluding hydrogens is 204 g/mol. The van der Waals surface area contributed by atoms with Crippen molar-refractivity contribution in [3.05, 3.63) is 31.7 Å². The molecule has 0 saturated carbocycles. The molecule has 0 aliphatic rings. The van der Waals surface area contributed by atoms with Crippen molar-refractivity contribution in [1.29, 1.82) is 0 Å². The van der Waals surface area contributed by atoms with Gasteiger partial charge in [-0.3, -0.25) is 0 Å². The monoisotopic (exact) mass is 235 g/mol. The van der Waals surface area contributed by atoms with Gasteiger partial charge in [-0.15, -0.1) is 6.58 Å². The van der Waals surface area contributed by atoms with Crippen LogP contribution in [0, 0.1) is 6.92 Å². The quantitative estimate of drug-likeness (QED) is 0.262. The third-order valence-electron chi connectivity index (χ3n) is 3.07. The van der Waals surface area contributed by atoms with Crippen LogP contribution < -0.4 is 0 Å². The highest BCUT2D eigenvalue weighted by Gasteiger charge is 1.91. The minimum Gasteiger partial charge on any atom is -0.103 e. The topological polar surface area (TPSA) is 0 Å². The Morgan fingerprint density at radius 3 is 1.59 bits per heavy atom. The summed E-state index contributed by atoms with van der Waals surface area (Å²) in [7, 11) is 0. The molecule has 0 unspecified atom stereocenters. The summed E-state index contributed by atoms with van der Waals surface area (Å²) in [6, 6.07) is 0. The van der Waals surface area contributed by atoms with E-state index < -0.39 is 0 Å². The van der Waals surface area contributed by atoms with Gasteiger partial charge >= 0.3 is 0 Å². The maximum Gasteiger partial charge on any atom is -0.0351 e. The summed E-state index contributed by atoms with van der Waals surface area (Å²) in [6.45, 7) is 7.57. The molecule has 0 aromatic carbocycles. The molecule has 0 amide bonds. The third-order valence-corrected chi connectivity index (χ3v) is 3.07. The predicted molar refractivity (Wildman–Crippen MR) is 80.1 cm³/mol. The van der Waals surface area contributed by atoms with Gasteiger partial charge in [0.05, 0.1) is 0 Å². The largest absolute Gasteiger partial charge is 0.103 e. The molecule has 0 aromatic rings. The predicted octanol–water partition coefficient (Wildman–Crippen LogP) is 6.24. The Morgan fingerprint density at radius 1 is 0.588 bits per heavy atom. The maximum absolute atomic E-state index is 3.82. The first-order chi connectivity index (χ1) is 8.41. The summed E-state index contributed by atoms with van der Waals surface area (Å²) in [4.78, 5) is 0. The third kappa shape index (κ3) is 15.5. The van der Waals surface area contributed by atoms with Crippen LogP contribution in [0.1, 0.15) is 77.0 Å². The zero-order valence-electron chi connectivity index (χ0n) is 11.6. The van der Waals surface area contributed by atoms with Crippen molar-refractivity contribution in [3.8, 4) is 0 Å². The number of unbranched alkanes of at least 4 members (excludes halogenated alkanes) is 10. The van der Waals surface area contributed by atoms with Crippen LogP contribution in [-0.2, 0) is 0 Å². The number of hydrogen-bond donors (Lipinski definition) is 0. The summed E-state index contributed by atoms with van der Waals surface area (Å²) >= 11 is 0. The van der Waals surface area contributed by atoms with E-state index in [0.29, 0.717) is 0 Å². The fraction of sp³-hybridized carbons (Fsp3) is 0.706. The van der Waals surface area contributed by atoms with Gasteiger partial charge in [-0.1, -0.05) is 63.7 Å². The van der Waals surface area contributed by atoms with Gasteiger partial charge in [-0.25, -0.2) is 0 Å². The van der Waals surface area contributed by atoms with E-state index in [9.17, 15) is 0 Å². The molecular formula is C17H31. The zero-order chi connectivity index (χ0) is 12.6. The molecule has 0 rings (SSSR count). The molecule has 0 atom stereocenters. The van der Waals surface area contributed by atoms with Crippen LogP contribution in [0.5, 0.6) is 0 Å². The highest BCUT2D eigenvalue weighted by Crippen LogP contribution is 2.10. The second kappa shape index (κ2) is 15.5. The Labute approximate surface area is 109 Å². The lowest BCUT2D eigenvalue weighted by Gasteiger charge is -2.00. The smallest absolute Gasteiger partial charge is 0.0351 e. The van der Waals surface area contributed by atoms with E-state index in [2.05, 4.69) is 25.7 Å². The van der Waals surface area contributed by atoms with Gasteiger partial charge < -0.3 is 0 Å². The van der Waals surface area contributed by atoms with Crippen LogP contribution in [0.25, 0.3) is 0 Å². The summed E-state index contributed by atoms with van der Waals surface area (Å²) in [5, 5.41) is 0. The average molecular weight is 235 g/mol. The average Bonchev–Trinajstić information content (AvgIpc) is 2.35. The minimum atomic E-state index is 1.03. The first kappa shape index (κ1) is 16.5. The summed E-state index contributed by atoms with van der Waals surface area (Å²) in [5.74, 6) is 0. The molecule has 0 nitrogen and oxygen atoms in total. The Balaban J connectivity index is 2.96. The van der Waals surface area contributed by atoms with Gasteiger partial charge in [0.1, 0.15) is 0 Å². The number of rotatable bonds is 13. The summed E-state index contributed by atoms with van der Waals surface area (Å²) in [6.07, 6.45) is 22.4. The van der Waals surface area contributed by atoms with Crippen LogP contribution in [0.2, 0.25) is 0 Å². The molecule has 0 heteroatoms. The van der Waals surface area contributed by atoms with Crippen molar-refractivity contribution in [2.75, 3.05) is 0 Å². The minimum absolute atomic E-state index is 1.03. The van der Waals surface area contributed by atoms with Crippen LogP contribution >= 0.6 is 0 Å². The molecule has 0 bridgehead atoms. The van der Waals surface area contributed by atoms with Crippen LogP contribution in [0.4, 0.5) is 0 Å². The molecule has 0 spiro atoms. The molecule has 17 heavy (non-hydrogen) atoms. The number of hydrogen-bond acceptors (Lipinski definition) is 0. The van der Waals surface area contributed by atoms with E-state index in [1.165, 1.54) is 64.2 Å². The van der Waals surface area contributed by atoms with E-state index in [-0.39, 0.29) is 0 Å². The van der Waals surface area contributed by atoms with Crippen molar-refractivity contribution in [2.24, 2.45) is 0 Å². The zero-order valence-corrected chi connectivity index (χ0v) is 11.6. The van der Waals surface area contributed by atoms with Crippen LogP contribution in [-0.4, -0.2) is 0 Å². The van der Waals surface area contributed by atoms with E-state index in [1.54, 1.807) is 0 Å². The van der Waals surface area contributed by atoms with E-state index in [1.807, 2.05) is 6.08 Å². The van der Waals surface area contributed by atoms with Crippen molar-refractivity contribution in [2.45, 2.75) is 77.0 Å². The Morgan fingerprint density at radius 2 is 1.06 bits per heavy atom. The summed E-state index contributed by atoms with van der Waals surface area (Å²) < 4.78 is 0. The first-order valence-corrected chi connectivity index (χ1v) is 7.47. The Bertz CT molecular complexity index is 167. The molecule has 0 N–H and O–H groups in total. The molecule has 0 saturated heterocycles. The Kier molecular flexibility index (Phi) is 15.0. The van der Waals surface area contributed by atoms with E-state index in [0.717, 1.165) is 12.8 Å². The second-order valence-electron chi connectivity index (χ2n) is 4.81. The fourth-order valence-electron chi connectivity index (χ4n) is 1.97. The van der Waals surface area contributed by atoms with Gasteiger partial charge in [-0.2, -0.15) is 0 Å². The van der Waals surface area contributed by atoms with Crippen molar-refractivity contribution in [1.82, 2.24) is 0 Å². The van der Waals surface area contributed by atoms with Gasteiger partial charge in [0.2, 0.25) is 0 Å². The van der Waals surface area contributed by atoms with E-state index in [4.69, 9.17) is 0 Å². The maximum atomic E-state index is 3.82. The fourth-order valence-corrected chi connectivity index (χ4v) is 1.97. The normalized spacial score (nSPS) is 11.1. The van der Waals surface area contributed by atoms with Crippen molar-refractivity contribution >= 4 is 0 Å². The SMILES string of the molecule is [CH2]CCC=CCCCCCCCCCCC=C. The second-order valence-corrected chi connectivity index (χ2v) is 4.81. The lowest BCUT2D eigenvalue weighted by molar-refractivity contribution is 0.571. The highest BCUT2D eigenvalue weighted by atomic mass is 14.0. The van der Waals surface area contributed by atoms with Gasteiger partial charge in [0, 0.05) is 0 Å². The molecule has 0 aliphatic carbocycles.